The number of hydrogen-bond donors (Lipinski definition) is 2. The minimum Gasteiger partial charge on any atom is -0.484 e. The number of nitro benzene ring substituents is 1. The van der Waals surface area contributed by atoms with Gasteiger partial charge in [0.05, 0.1) is 21.7 Å². The van der Waals surface area contributed by atoms with Gasteiger partial charge in [0.25, 0.3) is 27.5 Å². The van der Waals surface area contributed by atoms with E-state index in [9.17, 15) is 28.1 Å². The lowest BCUT2D eigenvalue weighted by atomic mass is 10.1. The summed E-state index contributed by atoms with van der Waals surface area (Å²) in [6.07, 6.45) is 2.08. The molecule has 0 radical (unpaired) electrons. The van der Waals surface area contributed by atoms with Crippen LogP contribution < -0.4 is 19.8 Å². The third kappa shape index (κ3) is 8.97. The minimum absolute atomic E-state index is 0.0540. The summed E-state index contributed by atoms with van der Waals surface area (Å²) in [6, 6.07) is 28.8. The molecule has 4 aromatic rings. The Balaban J connectivity index is 1.31. The second-order valence-corrected chi connectivity index (χ2v) is 11.2. The Labute approximate surface area is 254 Å². The first-order valence-corrected chi connectivity index (χ1v) is 14.8. The molecule has 0 aliphatic carbocycles. The number of hydrazone groups is 1. The summed E-state index contributed by atoms with van der Waals surface area (Å²) in [7, 11) is -4.19. The first-order chi connectivity index (χ1) is 21.2. The number of ether oxygens (including phenoxy) is 1. The van der Waals surface area contributed by atoms with E-state index >= 15 is 0 Å². The van der Waals surface area contributed by atoms with Crippen LogP contribution in [0.25, 0.3) is 0 Å². The van der Waals surface area contributed by atoms with Crippen molar-refractivity contribution in [3.05, 3.63) is 130 Å². The van der Waals surface area contributed by atoms with Gasteiger partial charge in [-0.3, -0.25) is 24.0 Å². The molecule has 0 aliphatic heterocycles. The molecule has 4 aromatic carbocycles. The number of rotatable bonds is 14. The van der Waals surface area contributed by atoms with Crippen LogP contribution in [0, 0.1) is 10.1 Å². The second-order valence-electron chi connectivity index (χ2n) is 9.33. The number of carbonyl (C=O) groups excluding carboxylic acids is 2. The van der Waals surface area contributed by atoms with Crippen LogP contribution >= 0.6 is 0 Å². The van der Waals surface area contributed by atoms with Gasteiger partial charge in [-0.25, -0.2) is 13.8 Å². The first kappa shape index (κ1) is 31.4. The molecule has 44 heavy (non-hydrogen) atoms. The van der Waals surface area contributed by atoms with Crippen molar-refractivity contribution in [2.75, 3.05) is 24.0 Å². The molecule has 12 nitrogen and oxygen atoms in total. The number of amides is 2. The second kappa shape index (κ2) is 15.1. The fourth-order valence-electron chi connectivity index (χ4n) is 3.96. The third-order valence-electron chi connectivity index (χ3n) is 6.20. The predicted molar refractivity (Wildman–Crippen MR) is 165 cm³/mol. The number of carbonyl (C=O) groups is 2. The molecule has 0 atom stereocenters. The highest BCUT2D eigenvalue weighted by Crippen LogP contribution is 2.25. The van der Waals surface area contributed by atoms with Gasteiger partial charge < -0.3 is 10.1 Å². The molecule has 2 amide bonds. The van der Waals surface area contributed by atoms with Crippen LogP contribution in [0.2, 0.25) is 0 Å². The quantitative estimate of drug-likeness (QED) is 0.124. The predicted octanol–water partition coefficient (Wildman–Crippen LogP) is 3.68. The maximum Gasteiger partial charge on any atom is 0.269 e. The van der Waals surface area contributed by atoms with Gasteiger partial charge in [-0.2, -0.15) is 5.10 Å². The Morgan fingerprint density at radius 1 is 0.864 bits per heavy atom. The van der Waals surface area contributed by atoms with Crippen LogP contribution in [0.1, 0.15) is 11.1 Å². The van der Waals surface area contributed by atoms with Gasteiger partial charge in [0.15, 0.2) is 6.61 Å². The molecule has 0 aliphatic rings. The van der Waals surface area contributed by atoms with Crippen molar-refractivity contribution in [3.8, 4) is 5.75 Å². The molecule has 0 aromatic heterocycles. The van der Waals surface area contributed by atoms with E-state index in [4.69, 9.17) is 4.74 Å². The number of non-ortho nitro benzene ring substituents is 1. The maximum absolute atomic E-state index is 13.4. The van der Waals surface area contributed by atoms with Gasteiger partial charge >= 0.3 is 0 Å². The number of nitrogens with zero attached hydrogens (tertiary/aromatic N) is 3. The van der Waals surface area contributed by atoms with Crippen molar-refractivity contribution in [2.24, 2.45) is 5.10 Å². The highest BCUT2D eigenvalue weighted by Gasteiger charge is 2.27. The lowest BCUT2D eigenvalue weighted by Crippen LogP contribution is -2.39. The van der Waals surface area contributed by atoms with E-state index in [0.717, 1.165) is 28.4 Å². The normalized spacial score (nSPS) is 11.1. The lowest BCUT2D eigenvalue weighted by molar-refractivity contribution is -0.384. The zero-order chi connectivity index (χ0) is 31.4. The third-order valence-corrected chi connectivity index (χ3v) is 7.99. The van der Waals surface area contributed by atoms with E-state index in [2.05, 4.69) is 15.8 Å². The Bertz CT molecular complexity index is 1700. The molecule has 0 saturated heterocycles. The Kier molecular flexibility index (Phi) is 10.7. The van der Waals surface area contributed by atoms with Crippen LogP contribution in [0.5, 0.6) is 5.75 Å². The molecule has 0 saturated carbocycles. The summed E-state index contributed by atoms with van der Waals surface area (Å²) in [5.74, 6) is -0.516. The number of benzene rings is 4. The first-order valence-electron chi connectivity index (χ1n) is 13.4. The minimum atomic E-state index is -4.19. The van der Waals surface area contributed by atoms with Crippen LogP contribution in [0.15, 0.2) is 119 Å². The molecule has 2 N–H and O–H groups in total. The SMILES string of the molecule is O=C(COc1ccc(/C=N\NC(=O)CN(c2ccc([N+](=O)[O-])cc2)S(=O)(=O)c2ccccc2)cc1)NCCc1ccccc1. The van der Waals surface area contributed by atoms with E-state index < -0.39 is 27.4 Å². The summed E-state index contributed by atoms with van der Waals surface area (Å²) in [4.78, 5) is 35.2. The lowest BCUT2D eigenvalue weighted by Gasteiger charge is -2.23. The van der Waals surface area contributed by atoms with Crippen molar-refractivity contribution >= 4 is 39.4 Å². The van der Waals surface area contributed by atoms with Gasteiger partial charge in [0.1, 0.15) is 12.3 Å². The van der Waals surface area contributed by atoms with Gasteiger partial charge in [0.2, 0.25) is 0 Å². The molecular weight excluding hydrogens is 586 g/mol. The number of sulfonamides is 1. The topological polar surface area (TPSA) is 160 Å². The standard InChI is InChI=1S/C31H29N5O7S/c37-30(22-35(26-13-15-27(16-14-26)36(39)40)44(41,42)29-9-5-2-6-10-29)34-33-21-25-11-17-28(18-12-25)43-23-31(38)32-20-19-24-7-3-1-4-8-24/h1-18,21H,19-20,22-23H2,(H,32,38)(H,34,37)/b33-21-. The van der Waals surface area contributed by atoms with Crippen LogP contribution in [-0.4, -0.2) is 51.1 Å². The number of anilines is 1. The van der Waals surface area contributed by atoms with E-state index in [1.54, 1.807) is 42.5 Å². The van der Waals surface area contributed by atoms with E-state index in [-0.39, 0.29) is 28.8 Å². The zero-order valence-corrected chi connectivity index (χ0v) is 24.2. The molecule has 0 fully saturated rings. The molecule has 0 spiro atoms. The number of nitro groups is 1. The summed E-state index contributed by atoms with van der Waals surface area (Å²) in [6.45, 7) is -0.279. The molecule has 226 valence electrons. The van der Waals surface area contributed by atoms with Gasteiger partial charge in [-0.1, -0.05) is 48.5 Å². The molecule has 4 rings (SSSR count). The maximum atomic E-state index is 13.4. The smallest absolute Gasteiger partial charge is 0.269 e. The largest absolute Gasteiger partial charge is 0.484 e. The van der Waals surface area contributed by atoms with Crippen LogP contribution in [-0.2, 0) is 26.0 Å². The highest BCUT2D eigenvalue weighted by molar-refractivity contribution is 7.92. The van der Waals surface area contributed by atoms with Gasteiger partial charge in [-0.15, -0.1) is 0 Å². The molecular formula is C31H29N5O7S. The van der Waals surface area contributed by atoms with Crippen molar-refractivity contribution in [1.29, 1.82) is 0 Å². The molecule has 0 heterocycles. The summed E-state index contributed by atoms with van der Waals surface area (Å²) >= 11 is 0. The van der Waals surface area contributed by atoms with E-state index in [1.165, 1.54) is 30.5 Å². The van der Waals surface area contributed by atoms with Gasteiger partial charge in [0, 0.05) is 18.7 Å². The van der Waals surface area contributed by atoms with E-state index in [1.807, 2.05) is 30.3 Å². The Morgan fingerprint density at radius 3 is 2.14 bits per heavy atom. The highest BCUT2D eigenvalue weighted by atomic mass is 32.2. The number of hydrogen-bond acceptors (Lipinski definition) is 8. The zero-order valence-electron chi connectivity index (χ0n) is 23.4. The monoisotopic (exact) mass is 615 g/mol. The fraction of sp³-hybridized carbons (Fsp3) is 0.129. The average molecular weight is 616 g/mol. The summed E-state index contributed by atoms with van der Waals surface area (Å²) < 4.78 is 33.1. The van der Waals surface area contributed by atoms with Crippen molar-refractivity contribution in [2.45, 2.75) is 11.3 Å². The van der Waals surface area contributed by atoms with Crippen LogP contribution in [0.4, 0.5) is 11.4 Å². The van der Waals surface area contributed by atoms with Crippen molar-refractivity contribution < 1.29 is 27.7 Å². The van der Waals surface area contributed by atoms with Gasteiger partial charge in [-0.05, 0) is 66.1 Å². The summed E-state index contributed by atoms with van der Waals surface area (Å²) in [5.41, 5.74) is 3.88. The fourth-order valence-corrected chi connectivity index (χ4v) is 5.40. The average Bonchev–Trinajstić information content (AvgIpc) is 3.04. The number of nitrogens with one attached hydrogen (secondary N) is 2. The Morgan fingerprint density at radius 2 is 1.50 bits per heavy atom. The van der Waals surface area contributed by atoms with Crippen molar-refractivity contribution in [3.63, 3.8) is 0 Å². The van der Waals surface area contributed by atoms with E-state index in [0.29, 0.717) is 17.9 Å². The molecule has 13 heteroatoms. The Hall–Kier alpha value is -5.56. The van der Waals surface area contributed by atoms with Crippen LogP contribution in [0.3, 0.4) is 0 Å². The summed E-state index contributed by atoms with van der Waals surface area (Å²) in [5, 5.41) is 17.7. The molecule has 0 unspecified atom stereocenters. The van der Waals surface area contributed by atoms with Crippen molar-refractivity contribution in [1.82, 2.24) is 10.7 Å². The molecule has 0 bridgehead atoms.